The molecule has 0 atom stereocenters. The molecule has 0 spiro atoms. The van der Waals surface area contributed by atoms with E-state index in [1.807, 2.05) is 13.0 Å². The van der Waals surface area contributed by atoms with Gasteiger partial charge in [0, 0.05) is 44.8 Å². The Kier molecular flexibility index (Phi) is 5.89. The molecule has 6 heteroatoms. The van der Waals surface area contributed by atoms with E-state index in [1.54, 1.807) is 0 Å². The van der Waals surface area contributed by atoms with Crippen molar-refractivity contribution in [2.24, 2.45) is 5.92 Å². The molecule has 1 amide bonds. The molecule has 2 aliphatic rings. The number of aromatic nitrogens is 1. The first kappa shape index (κ1) is 17.4. The number of piperazine rings is 1. The molecular formula is C18H30N4O2. The van der Waals surface area contributed by atoms with Gasteiger partial charge in [-0.1, -0.05) is 12.1 Å². The summed E-state index contributed by atoms with van der Waals surface area (Å²) < 4.78 is 5.12. The van der Waals surface area contributed by atoms with Gasteiger partial charge < -0.3 is 9.84 Å². The van der Waals surface area contributed by atoms with E-state index >= 15 is 0 Å². The van der Waals surface area contributed by atoms with Crippen LogP contribution in [0.3, 0.4) is 0 Å². The number of amides is 1. The topological polar surface area (TPSA) is 61.6 Å². The van der Waals surface area contributed by atoms with E-state index in [0.29, 0.717) is 12.6 Å². The van der Waals surface area contributed by atoms with Gasteiger partial charge in [0.15, 0.2) is 0 Å². The van der Waals surface area contributed by atoms with Crippen molar-refractivity contribution in [2.75, 3.05) is 32.7 Å². The van der Waals surface area contributed by atoms with E-state index in [0.717, 1.165) is 62.9 Å². The molecule has 1 aliphatic heterocycles. The van der Waals surface area contributed by atoms with E-state index in [2.05, 4.69) is 27.2 Å². The smallest absolute Gasteiger partial charge is 0.234 e. The predicted molar refractivity (Wildman–Crippen MR) is 92.5 cm³/mol. The van der Waals surface area contributed by atoms with E-state index in [4.69, 9.17) is 4.52 Å². The summed E-state index contributed by atoms with van der Waals surface area (Å²) in [4.78, 5) is 16.9. The quantitative estimate of drug-likeness (QED) is 0.890. The summed E-state index contributed by atoms with van der Waals surface area (Å²) >= 11 is 0. The van der Waals surface area contributed by atoms with E-state index in [-0.39, 0.29) is 5.91 Å². The minimum Gasteiger partial charge on any atom is -0.361 e. The monoisotopic (exact) mass is 334 g/mol. The fraction of sp³-hybridized carbons (Fsp3) is 0.778. The third kappa shape index (κ3) is 5.05. The Bertz CT molecular complexity index is 529. The summed E-state index contributed by atoms with van der Waals surface area (Å²) in [7, 11) is 0. The molecule has 3 rings (SSSR count). The van der Waals surface area contributed by atoms with Gasteiger partial charge in [0.25, 0.3) is 0 Å². The van der Waals surface area contributed by atoms with Crippen LogP contribution in [0.2, 0.25) is 0 Å². The minimum atomic E-state index is 0.190. The van der Waals surface area contributed by atoms with Crippen molar-refractivity contribution in [3.05, 3.63) is 17.5 Å². The number of aryl methyl sites for hydroxylation is 1. The average Bonchev–Trinajstić information content (AvgIpc) is 2.96. The maximum atomic E-state index is 12.2. The van der Waals surface area contributed by atoms with Crippen LogP contribution in [0.1, 0.15) is 44.1 Å². The molecule has 1 aromatic heterocycles. The molecule has 0 aromatic carbocycles. The molecule has 0 bridgehead atoms. The van der Waals surface area contributed by atoms with Gasteiger partial charge in [-0.25, -0.2) is 0 Å². The summed E-state index contributed by atoms with van der Waals surface area (Å²) in [6, 6.07) is 2.38. The zero-order valence-corrected chi connectivity index (χ0v) is 15.0. The second-order valence-electron chi connectivity index (χ2n) is 7.51. The molecule has 1 aromatic rings. The van der Waals surface area contributed by atoms with Crippen molar-refractivity contribution in [1.82, 2.24) is 20.3 Å². The molecular weight excluding hydrogens is 304 g/mol. The van der Waals surface area contributed by atoms with Crippen LogP contribution in [-0.4, -0.2) is 59.6 Å². The minimum absolute atomic E-state index is 0.190. The summed E-state index contributed by atoms with van der Waals surface area (Å²) in [6.45, 7) is 9.40. The zero-order chi connectivity index (χ0) is 16.9. The highest BCUT2D eigenvalue weighted by atomic mass is 16.5. The van der Waals surface area contributed by atoms with Gasteiger partial charge >= 0.3 is 0 Å². The molecule has 24 heavy (non-hydrogen) atoms. The predicted octanol–water partition coefficient (Wildman–Crippen LogP) is 1.80. The van der Waals surface area contributed by atoms with Gasteiger partial charge in [0.1, 0.15) is 5.76 Å². The van der Waals surface area contributed by atoms with Gasteiger partial charge in [-0.15, -0.1) is 0 Å². The average molecular weight is 334 g/mol. The van der Waals surface area contributed by atoms with Crippen LogP contribution in [0.25, 0.3) is 0 Å². The number of rotatable bonds is 5. The Balaban J connectivity index is 1.35. The van der Waals surface area contributed by atoms with Gasteiger partial charge in [0.05, 0.1) is 12.2 Å². The zero-order valence-electron chi connectivity index (χ0n) is 15.0. The van der Waals surface area contributed by atoms with Gasteiger partial charge in [-0.3, -0.25) is 14.6 Å². The largest absolute Gasteiger partial charge is 0.361 e. The first-order valence-corrected chi connectivity index (χ1v) is 9.25. The first-order valence-electron chi connectivity index (χ1n) is 9.25. The molecule has 6 nitrogen and oxygen atoms in total. The molecule has 0 unspecified atom stereocenters. The summed E-state index contributed by atoms with van der Waals surface area (Å²) in [5.41, 5.74) is 0.991. The highest BCUT2D eigenvalue weighted by Crippen LogP contribution is 2.23. The van der Waals surface area contributed by atoms with Crippen molar-refractivity contribution in [3.63, 3.8) is 0 Å². The Labute approximate surface area is 144 Å². The molecule has 2 heterocycles. The van der Waals surface area contributed by atoms with Gasteiger partial charge in [-0.2, -0.15) is 0 Å². The Morgan fingerprint density at radius 1 is 1.21 bits per heavy atom. The van der Waals surface area contributed by atoms with Crippen molar-refractivity contribution in [2.45, 2.75) is 52.1 Å². The van der Waals surface area contributed by atoms with Gasteiger partial charge in [-0.05, 0) is 38.5 Å². The van der Waals surface area contributed by atoms with Crippen LogP contribution in [0.15, 0.2) is 10.6 Å². The highest BCUT2D eigenvalue weighted by Gasteiger charge is 2.23. The lowest BCUT2D eigenvalue weighted by atomic mass is 9.87. The van der Waals surface area contributed by atoms with Crippen molar-refractivity contribution in [1.29, 1.82) is 0 Å². The Morgan fingerprint density at radius 3 is 2.50 bits per heavy atom. The molecule has 1 N–H and O–H groups in total. The normalized spacial score (nSPS) is 26.4. The lowest BCUT2D eigenvalue weighted by molar-refractivity contribution is -0.123. The van der Waals surface area contributed by atoms with Crippen LogP contribution in [0, 0.1) is 12.8 Å². The number of hydrogen-bond acceptors (Lipinski definition) is 5. The maximum absolute atomic E-state index is 12.2. The van der Waals surface area contributed by atoms with E-state index in [9.17, 15) is 4.79 Å². The molecule has 1 saturated heterocycles. The lowest BCUT2D eigenvalue weighted by Crippen LogP contribution is -2.50. The number of nitrogens with one attached hydrogen (secondary N) is 1. The second kappa shape index (κ2) is 8.12. The molecule has 1 saturated carbocycles. The number of nitrogens with zero attached hydrogens (tertiary/aromatic N) is 3. The fourth-order valence-electron chi connectivity index (χ4n) is 3.71. The molecule has 1 aliphatic carbocycles. The van der Waals surface area contributed by atoms with Gasteiger partial charge in [0.2, 0.25) is 5.91 Å². The summed E-state index contributed by atoms with van der Waals surface area (Å²) in [5, 5.41) is 7.28. The van der Waals surface area contributed by atoms with Crippen LogP contribution < -0.4 is 5.32 Å². The number of carbonyl (C=O) groups excluding carboxylic acids is 1. The lowest BCUT2D eigenvalue weighted by Gasteiger charge is -2.34. The number of carbonyl (C=O) groups is 1. The maximum Gasteiger partial charge on any atom is 0.234 e. The van der Waals surface area contributed by atoms with Crippen LogP contribution in [-0.2, 0) is 11.3 Å². The number of hydrogen-bond donors (Lipinski definition) is 1. The SMILES string of the molecule is Cc1cc(CN2CCN(CC(=O)NC3CCC(C)CC3)CC2)no1. The second-order valence-corrected chi connectivity index (χ2v) is 7.51. The molecule has 0 radical (unpaired) electrons. The van der Waals surface area contributed by atoms with Crippen molar-refractivity contribution >= 4 is 5.91 Å². The summed E-state index contributed by atoms with van der Waals surface area (Å²) in [6.07, 6.45) is 4.76. The van der Waals surface area contributed by atoms with Crippen LogP contribution in [0.5, 0.6) is 0 Å². The first-order chi connectivity index (χ1) is 11.6. The van der Waals surface area contributed by atoms with E-state index < -0.39 is 0 Å². The Hall–Kier alpha value is -1.40. The fourth-order valence-corrected chi connectivity index (χ4v) is 3.71. The Morgan fingerprint density at radius 2 is 1.88 bits per heavy atom. The van der Waals surface area contributed by atoms with Crippen molar-refractivity contribution < 1.29 is 9.32 Å². The molecule has 2 fully saturated rings. The molecule has 134 valence electrons. The van der Waals surface area contributed by atoms with Crippen LogP contribution >= 0.6 is 0 Å². The standard InChI is InChI=1S/C18H30N4O2/c1-14-3-5-16(6-4-14)19-18(23)13-22-9-7-21(8-10-22)12-17-11-15(2)24-20-17/h11,14,16H,3-10,12-13H2,1-2H3,(H,19,23). The van der Waals surface area contributed by atoms with Crippen LogP contribution in [0.4, 0.5) is 0 Å². The third-order valence-electron chi connectivity index (χ3n) is 5.28. The third-order valence-corrected chi connectivity index (χ3v) is 5.28. The van der Waals surface area contributed by atoms with Crippen molar-refractivity contribution in [3.8, 4) is 0 Å². The highest BCUT2D eigenvalue weighted by molar-refractivity contribution is 5.78. The van der Waals surface area contributed by atoms with E-state index in [1.165, 1.54) is 12.8 Å². The summed E-state index contributed by atoms with van der Waals surface area (Å²) in [5.74, 6) is 1.87.